The summed E-state index contributed by atoms with van der Waals surface area (Å²) in [6.07, 6.45) is 2.28. The molecule has 1 aliphatic rings. The van der Waals surface area contributed by atoms with E-state index in [9.17, 15) is 8.78 Å². The first-order valence-corrected chi connectivity index (χ1v) is 5.98. The summed E-state index contributed by atoms with van der Waals surface area (Å²) in [7, 11) is 0. The Kier molecular flexibility index (Phi) is 4.45. The number of rotatable bonds is 4. The number of halogens is 2. The Hall–Kier alpha value is -1.00. The Bertz CT molecular complexity index is 364. The molecule has 0 bridgehead atoms. The largest absolute Gasteiger partial charge is 0.381 e. The van der Waals surface area contributed by atoms with Crippen LogP contribution in [-0.4, -0.2) is 19.8 Å². The van der Waals surface area contributed by atoms with Crippen LogP contribution < -0.4 is 5.32 Å². The lowest BCUT2D eigenvalue weighted by molar-refractivity contribution is 0.0547. The molecular formula is C13H17F2NO. The molecule has 1 N–H and O–H groups in total. The smallest absolute Gasteiger partial charge is 0.159 e. The van der Waals surface area contributed by atoms with Gasteiger partial charge in [-0.1, -0.05) is 6.07 Å². The fraction of sp³-hybridized carbons (Fsp3) is 0.538. The summed E-state index contributed by atoms with van der Waals surface area (Å²) in [4.78, 5) is 0. The third kappa shape index (κ3) is 3.75. The van der Waals surface area contributed by atoms with Crippen molar-refractivity contribution in [2.24, 2.45) is 5.92 Å². The topological polar surface area (TPSA) is 21.3 Å². The van der Waals surface area contributed by atoms with E-state index in [1.54, 1.807) is 6.07 Å². The van der Waals surface area contributed by atoms with Gasteiger partial charge in [0, 0.05) is 19.7 Å². The summed E-state index contributed by atoms with van der Waals surface area (Å²) in [5.41, 5.74) is 0.764. The van der Waals surface area contributed by atoms with Gasteiger partial charge in [0.1, 0.15) is 0 Å². The summed E-state index contributed by atoms with van der Waals surface area (Å²) in [6, 6.07) is 4.00. The monoisotopic (exact) mass is 241 g/mol. The molecule has 1 aliphatic heterocycles. The first kappa shape index (κ1) is 12.5. The van der Waals surface area contributed by atoms with Gasteiger partial charge in [0.2, 0.25) is 0 Å². The molecule has 0 saturated carbocycles. The van der Waals surface area contributed by atoms with Gasteiger partial charge in [0.05, 0.1) is 6.61 Å². The van der Waals surface area contributed by atoms with Crippen LogP contribution in [0, 0.1) is 17.6 Å². The molecule has 1 atom stereocenters. The van der Waals surface area contributed by atoms with E-state index in [0.29, 0.717) is 12.5 Å². The van der Waals surface area contributed by atoms with Crippen molar-refractivity contribution in [3.63, 3.8) is 0 Å². The highest BCUT2D eigenvalue weighted by molar-refractivity contribution is 5.17. The summed E-state index contributed by atoms with van der Waals surface area (Å²) in [5, 5.41) is 3.25. The SMILES string of the molecule is Fc1ccc(CNCC2CCCOC2)cc1F. The summed E-state index contributed by atoms with van der Waals surface area (Å²) < 4.78 is 31.0. The van der Waals surface area contributed by atoms with Crippen LogP contribution in [0.2, 0.25) is 0 Å². The minimum absolute atomic E-state index is 0.536. The van der Waals surface area contributed by atoms with Crippen LogP contribution in [0.15, 0.2) is 18.2 Å². The minimum atomic E-state index is -0.797. The van der Waals surface area contributed by atoms with E-state index in [-0.39, 0.29) is 0 Å². The van der Waals surface area contributed by atoms with Crippen molar-refractivity contribution in [1.29, 1.82) is 0 Å². The van der Waals surface area contributed by atoms with Crippen molar-refractivity contribution in [3.05, 3.63) is 35.4 Å². The molecule has 1 saturated heterocycles. The van der Waals surface area contributed by atoms with E-state index in [0.717, 1.165) is 37.8 Å². The third-order valence-electron chi connectivity index (χ3n) is 3.00. The van der Waals surface area contributed by atoms with Crippen molar-refractivity contribution < 1.29 is 13.5 Å². The molecule has 1 aromatic rings. The molecule has 1 heterocycles. The number of nitrogens with one attached hydrogen (secondary N) is 1. The maximum Gasteiger partial charge on any atom is 0.159 e. The highest BCUT2D eigenvalue weighted by atomic mass is 19.2. The Morgan fingerprint density at radius 1 is 1.29 bits per heavy atom. The molecule has 1 unspecified atom stereocenters. The fourth-order valence-electron chi connectivity index (χ4n) is 2.04. The lowest BCUT2D eigenvalue weighted by atomic mass is 10.0. The van der Waals surface area contributed by atoms with Gasteiger partial charge in [-0.3, -0.25) is 0 Å². The van der Waals surface area contributed by atoms with Gasteiger partial charge >= 0.3 is 0 Å². The highest BCUT2D eigenvalue weighted by Crippen LogP contribution is 2.13. The second-order valence-corrected chi connectivity index (χ2v) is 4.46. The van der Waals surface area contributed by atoms with E-state index < -0.39 is 11.6 Å². The number of hydrogen-bond acceptors (Lipinski definition) is 2. The van der Waals surface area contributed by atoms with E-state index >= 15 is 0 Å². The highest BCUT2D eigenvalue weighted by Gasteiger charge is 2.13. The molecule has 1 fully saturated rings. The van der Waals surface area contributed by atoms with Gasteiger partial charge in [0.15, 0.2) is 11.6 Å². The van der Waals surface area contributed by atoms with Crippen LogP contribution in [0.25, 0.3) is 0 Å². The number of ether oxygens (including phenoxy) is 1. The van der Waals surface area contributed by atoms with Crippen molar-refractivity contribution >= 4 is 0 Å². The maximum absolute atomic E-state index is 12.9. The molecule has 2 rings (SSSR count). The molecule has 0 aromatic heterocycles. The summed E-state index contributed by atoms with van der Waals surface area (Å²) in [6.45, 7) is 3.08. The van der Waals surface area contributed by atoms with Crippen molar-refractivity contribution in [2.75, 3.05) is 19.8 Å². The molecule has 0 radical (unpaired) electrons. The maximum atomic E-state index is 12.9. The molecule has 0 spiro atoms. The minimum Gasteiger partial charge on any atom is -0.381 e. The summed E-state index contributed by atoms with van der Waals surface area (Å²) >= 11 is 0. The molecule has 1 aromatic carbocycles. The van der Waals surface area contributed by atoms with Gasteiger partial charge in [-0.15, -0.1) is 0 Å². The van der Waals surface area contributed by atoms with Gasteiger partial charge < -0.3 is 10.1 Å². The summed E-state index contributed by atoms with van der Waals surface area (Å²) in [5.74, 6) is -1.05. The van der Waals surface area contributed by atoms with Gasteiger partial charge in [0.25, 0.3) is 0 Å². The van der Waals surface area contributed by atoms with E-state index in [1.165, 1.54) is 12.5 Å². The van der Waals surface area contributed by atoms with Crippen LogP contribution in [0.1, 0.15) is 18.4 Å². The first-order valence-electron chi connectivity index (χ1n) is 5.98. The standard InChI is InChI=1S/C13H17F2NO/c14-12-4-3-10(6-13(12)15)7-16-8-11-2-1-5-17-9-11/h3-4,6,11,16H,1-2,5,7-9H2. The Morgan fingerprint density at radius 2 is 2.18 bits per heavy atom. The van der Waals surface area contributed by atoms with Gasteiger partial charge in [-0.25, -0.2) is 8.78 Å². The predicted molar refractivity (Wildman–Crippen MR) is 61.6 cm³/mol. The van der Waals surface area contributed by atoms with E-state index in [2.05, 4.69) is 5.32 Å². The molecular weight excluding hydrogens is 224 g/mol. The number of benzene rings is 1. The molecule has 0 aliphatic carbocycles. The Balaban J connectivity index is 1.75. The zero-order valence-corrected chi connectivity index (χ0v) is 9.72. The Morgan fingerprint density at radius 3 is 2.88 bits per heavy atom. The van der Waals surface area contributed by atoms with Gasteiger partial charge in [-0.2, -0.15) is 0 Å². The van der Waals surface area contributed by atoms with Crippen LogP contribution >= 0.6 is 0 Å². The van der Waals surface area contributed by atoms with E-state index in [1.807, 2.05) is 0 Å². The number of hydrogen-bond donors (Lipinski definition) is 1. The van der Waals surface area contributed by atoms with Crippen LogP contribution in [0.3, 0.4) is 0 Å². The van der Waals surface area contributed by atoms with Crippen molar-refractivity contribution in [1.82, 2.24) is 5.32 Å². The lowest BCUT2D eigenvalue weighted by Gasteiger charge is -2.22. The van der Waals surface area contributed by atoms with Crippen molar-refractivity contribution in [3.8, 4) is 0 Å². The zero-order chi connectivity index (χ0) is 12.1. The molecule has 94 valence electrons. The van der Waals surface area contributed by atoms with Crippen LogP contribution in [0.5, 0.6) is 0 Å². The van der Waals surface area contributed by atoms with Gasteiger partial charge in [-0.05, 0) is 36.5 Å². The molecule has 17 heavy (non-hydrogen) atoms. The Labute approximate surface area is 100.0 Å². The average molecular weight is 241 g/mol. The second kappa shape index (κ2) is 6.07. The van der Waals surface area contributed by atoms with Crippen LogP contribution in [-0.2, 0) is 11.3 Å². The average Bonchev–Trinajstić information content (AvgIpc) is 2.35. The molecule has 4 heteroatoms. The van der Waals surface area contributed by atoms with E-state index in [4.69, 9.17) is 4.74 Å². The first-order chi connectivity index (χ1) is 8.25. The quantitative estimate of drug-likeness (QED) is 0.874. The predicted octanol–water partition coefficient (Wildman–Crippen LogP) is 2.48. The zero-order valence-electron chi connectivity index (χ0n) is 9.72. The third-order valence-corrected chi connectivity index (χ3v) is 3.00. The second-order valence-electron chi connectivity index (χ2n) is 4.46. The lowest BCUT2D eigenvalue weighted by Crippen LogP contribution is -2.28. The molecule has 2 nitrogen and oxygen atoms in total. The molecule has 0 amide bonds. The van der Waals surface area contributed by atoms with Crippen molar-refractivity contribution in [2.45, 2.75) is 19.4 Å². The van der Waals surface area contributed by atoms with Crippen LogP contribution in [0.4, 0.5) is 8.78 Å². The fourth-order valence-corrected chi connectivity index (χ4v) is 2.04. The normalized spacial score (nSPS) is 20.5.